The van der Waals surface area contributed by atoms with Crippen LogP contribution in [0.2, 0.25) is 17.1 Å². The highest BCUT2D eigenvalue weighted by Crippen LogP contribution is 2.55. The second-order valence-electron chi connectivity index (χ2n) is 4.48. The van der Waals surface area contributed by atoms with E-state index in [0.717, 1.165) is 11.1 Å². The molecule has 1 rings (SSSR count). The van der Waals surface area contributed by atoms with E-state index < -0.39 is 8.24 Å². The lowest BCUT2D eigenvalue weighted by Crippen LogP contribution is -2.62. The summed E-state index contributed by atoms with van der Waals surface area (Å²) in [5.41, 5.74) is 2.11. The van der Waals surface area contributed by atoms with Crippen LogP contribution in [0.5, 0.6) is 0 Å². The van der Waals surface area contributed by atoms with Crippen LogP contribution in [0, 0.1) is 0 Å². The Labute approximate surface area is 78.2 Å². The van der Waals surface area contributed by atoms with Crippen molar-refractivity contribution in [3.63, 3.8) is 0 Å². The normalized spacial score (nSPS) is 41.5. The Kier molecular flexibility index (Phi) is 3.00. The maximum absolute atomic E-state index is 2.59. The van der Waals surface area contributed by atoms with Gasteiger partial charge in [0, 0.05) is 0 Å². The molecule has 72 valence electrons. The molecule has 0 bridgehead atoms. The van der Waals surface area contributed by atoms with Crippen molar-refractivity contribution >= 4 is 8.24 Å². The van der Waals surface area contributed by atoms with Crippen LogP contribution in [-0.4, -0.2) is 26.9 Å². The number of nitrogens with zero attached hydrogens (tertiary/aromatic N) is 1. The molecule has 3 unspecified atom stereocenters. The van der Waals surface area contributed by atoms with Crippen molar-refractivity contribution in [1.29, 1.82) is 0 Å². The zero-order valence-electron chi connectivity index (χ0n) is 9.22. The average Bonchev–Trinajstić information content (AvgIpc) is 2.00. The molecule has 1 heterocycles. The molecule has 0 saturated carbocycles. The first-order chi connectivity index (χ1) is 5.59. The molecule has 12 heavy (non-hydrogen) atoms. The van der Waals surface area contributed by atoms with Crippen molar-refractivity contribution in [2.45, 2.75) is 50.7 Å². The molecule has 2 heteroatoms. The molecule has 0 N–H and O–H groups in total. The number of rotatable bonds is 3. The highest BCUT2D eigenvalue weighted by molar-refractivity contribution is 6.82. The van der Waals surface area contributed by atoms with Gasteiger partial charge in [-0.1, -0.05) is 33.6 Å². The second-order valence-corrected chi connectivity index (χ2v) is 9.87. The molecule has 0 radical (unpaired) electrons. The minimum Gasteiger partial charge on any atom is -0.328 e. The molecular weight excluding hydrogens is 162 g/mol. The zero-order chi connectivity index (χ0) is 9.35. The molecular formula is C10H23NSi. The predicted octanol–water partition coefficient (Wildman–Crippen LogP) is 3.09. The van der Waals surface area contributed by atoms with Crippen LogP contribution in [0.25, 0.3) is 0 Å². The predicted molar refractivity (Wildman–Crippen MR) is 58.0 cm³/mol. The van der Waals surface area contributed by atoms with Crippen molar-refractivity contribution in [3.8, 4) is 0 Å². The van der Waals surface area contributed by atoms with E-state index in [-0.39, 0.29) is 0 Å². The van der Waals surface area contributed by atoms with E-state index in [1.165, 1.54) is 18.9 Å². The monoisotopic (exact) mass is 185 g/mol. The Morgan fingerprint density at radius 1 is 1.33 bits per heavy atom. The summed E-state index contributed by atoms with van der Waals surface area (Å²) in [5, 5.41) is 0. The van der Waals surface area contributed by atoms with Crippen LogP contribution in [0.4, 0.5) is 0 Å². The molecule has 1 fully saturated rings. The van der Waals surface area contributed by atoms with Gasteiger partial charge in [-0.2, -0.15) is 0 Å². The van der Waals surface area contributed by atoms with Crippen LogP contribution in [0.3, 0.4) is 0 Å². The largest absolute Gasteiger partial charge is 0.328 e. The first-order valence-corrected chi connectivity index (χ1v) is 7.57. The standard InChI is InChI=1S/C10H23NSi/c1-6-10-8-9(3)12(10,7-2)11(4)5/h9-10H,6-8H2,1-5H3. The van der Waals surface area contributed by atoms with Gasteiger partial charge in [0.15, 0.2) is 0 Å². The summed E-state index contributed by atoms with van der Waals surface area (Å²) in [4.78, 5) is 0. The third-order valence-corrected chi connectivity index (χ3v) is 10.9. The van der Waals surface area contributed by atoms with Crippen LogP contribution >= 0.6 is 0 Å². The Morgan fingerprint density at radius 2 is 1.92 bits per heavy atom. The van der Waals surface area contributed by atoms with Crippen molar-refractivity contribution in [2.75, 3.05) is 14.1 Å². The van der Waals surface area contributed by atoms with Gasteiger partial charge in [0.1, 0.15) is 8.24 Å². The Bertz CT molecular complexity index is 151. The van der Waals surface area contributed by atoms with Gasteiger partial charge in [0.05, 0.1) is 0 Å². The Balaban J connectivity index is 2.75. The highest BCUT2D eigenvalue weighted by Gasteiger charge is 2.54. The summed E-state index contributed by atoms with van der Waals surface area (Å²) in [7, 11) is 3.61. The third-order valence-electron chi connectivity index (χ3n) is 4.09. The second kappa shape index (κ2) is 3.50. The van der Waals surface area contributed by atoms with Crippen LogP contribution in [0.1, 0.15) is 33.6 Å². The average molecular weight is 185 g/mol. The van der Waals surface area contributed by atoms with Gasteiger partial charge in [0.2, 0.25) is 0 Å². The molecule has 1 nitrogen and oxygen atoms in total. The summed E-state index contributed by atoms with van der Waals surface area (Å²) in [6.07, 6.45) is 2.90. The Morgan fingerprint density at radius 3 is 2.08 bits per heavy atom. The minimum atomic E-state index is -0.994. The maximum Gasteiger partial charge on any atom is 0.133 e. The highest BCUT2D eigenvalue weighted by atomic mass is 28.3. The van der Waals surface area contributed by atoms with Gasteiger partial charge in [0.25, 0.3) is 0 Å². The molecule has 0 amide bonds. The zero-order valence-corrected chi connectivity index (χ0v) is 10.2. The minimum absolute atomic E-state index is 0.994. The van der Waals surface area contributed by atoms with E-state index in [9.17, 15) is 0 Å². The van der Waals surface area contributed by atoms with Gasteiger partial charge in [-0.3, -0.25) is 0 Å². The molecule has 3 atom stereocenters. The Hall–Kier alpha value is 0.177. The van der Waals surface area contributed by atoms with Crippen molar-refractivity contribution < 1.29 is 0 Å². The van der Waals surface area contributed by atoms with E-state index in [2.05, 4.69) is 39.4 Å². The lowest BCUT2D eigenvalue weighted by Gasteiger charge is -2.56. The molecule has 1 aliphatic heterocycles. The summed E-state index contributed by atoms with van der Waals surface area (Å²) in [6.45, 7) is 7.21. The fourth-order valence-electron chi connectivity index (χ4n) is 3.36. The van der Waals surface area contributed by atoms with Crippen LogP contribution < -0.4 is 0 Å². The fourth-order valence-corrected chi connectivity index (χ4v) is 9.40. The summed E-state index contributed by atoms with van der Waals surface area (Å²) >= 11 is 0. The molecule has 1 saturated heterocycles. The first-order valence-electron chi connectivity index (χ1n) is 5.27. The lowest BCUT2D eigenvalue weighted by molar-refractivity contribution is 0.449. The van der Waals surface area contributed by atoms with Gasteiger partial charge in [-0.05, 0) is 31.2 Å². The fraction of sp³-hybridized carbons (Fsp3) is 1.00. The maximum atomic E-state index is 2.59. The first kappa shape index (κ1) is 10.3. The van der Waals surface area contributed by atoms with E-state index in [0.29, 0.717) is 0 Å². The van der Waals surface area contributed by atoms with Gasteiger partial charge in [-0.25, -0.2) is 0 Å². The van der Waals surface area contributed by atoms with E-state index in [1.807, 2.05) is 0 Å². The molecule has 0 aromatic rings. The quantitative estimate of drug-likeness (QED) is 0.611. The smallest absolute Gasteiger partial charge is 0.133 e. The summed E-state index contributed by atoms with van der Waals surface area (Å²) in [5.74, 6) is 0. The van der Waals surface area contributed by atoms with Crippen molar-refractivity contribution in [1.82, 2.24) is 4.57 Å². The topological polar surface area (TPSA) is 3.24 Å². The van der Waals surface area contributed by atoms with Crippen molar-refractivity contribution in [3.05, 3.63) is 0 Å². The van der Waals surface area contributed by atoms with Gasteiger partial charge < -0.3 is 4.57 Å². The molecule has 0 aliphatic carbocycles. The third kappa shape index (κ3) is 1.16. The summed E-state index contributed by atoms with van der Waals surface area (Å²) < 4.78 is 2.59. The van der Waals surface area contributed by atoms with Gasteiger partial charge >= 0.3 is 0 Å². The van der Waals surface area contributed by atoms with Crippen molar-refractivity contribution in [2.24, 2.45) is 0 Å². The molecule has 0 spiro atoms. The number of hydrogen-bond acceptors (Lipinski definition) is 1. The van der Waals surface area contributed by atoms with E-state index in [1.54, 1.807) is 0 Å². The van der Waals surface area contributed by atoms with Crippen LogP contribution in [-0.2, 0) is 0 Å². The molecule has 0 aromatic carbocycles. The van der Waals surface area contributed by atoms with E-state index in [4.69, 9.17) is 0 Å². The summed E-state index contributed by atoms with van der Waals surface area (Å²) in [6, 6.07) is 1.44. The SMILES string of the molecule is CCC1CC(C)[Si]1(CC)N(C)C. The molecule has 0 aromatic heterocycles. The lowest BCUT2D eigenvalue weighted by atomic mass is 10.2. The number of hydrogen-bond donors (Lipinski definition) is 0. The van der Waals surface area contributed by atoms with Crippen LogP contribution in [0.15, 0.2) is 0 Å². The molecule has 1 aliphatic rings. The van der Waals surface area contributed by atoms with Gasteiger partial charge in [-0.15, -0.1) is 0 Å². The van der Waals surface area contributed by atoms with E-state index >= 15 is 0 Å².